The molecule has 4 atom stereocenters. The Bertz CT molecular complexity index is 494. The minimum Gasteiger partial charge on any atom is -0.459 e. The first-order valence-corrected chi connectivity index (χ1v) is 8.43. The fraction of sp³-hybridized carbons (Fsp3) is 0.722. The number of rotatable bonds is 1. The molecule has 1 aliphatic heterocycles. The zero-order chi connectivity index (χ0) is 18.3. The molecule has 0 radical (unpaired) electrons. The molecule has 0 unspecified atom stereocenters. The molecule has 0 aliphatic carbocycles. The molecule has 0 aromatic rings. The molecule has 24 heavy (non-hydrogen) atoms. The van der Waals surface area contributed by atoms with E-state index in [2.05, 4.69) is 0 Å². The summed E-state index contributed by atoms with van der Waals surface area (Å²) in [4.78, 5) is 35.3. The number of carbonyl (C=O) groups is 3. The normalized spacial score (nSPS) is 34.8. The van der Waals surface area contributed by atoms with Crippen molar-refractivity contribution in [1.82, 2.24) is 0 Å². The Morgan fingerprint density at radius 2 is 2.00 bits per heavy atom. The van der Waals surface area contributed by atoms with Crippen LogP contribution in [0.4, 0.5) is 0 Å². The summed E-state index contributed by atoms with van der Waals surface area (Å²) in [6.45, 7) is 6.56. The van der Waals surface area contributed by atoms with Crippen LogP contribution < -0.4 is 0 Å². The van der Waals surface area contributed by atoms with E-state index < -0.39 is 23.6 Å². The van der Waals surface area contributed by atoms with E-state index in [1.807, 2.05) is 13.8 Å². The van der Waals surface area contributed by atoms with Crippen molar-refractivity contribution in [3.8, 4) is 0 Å². The zero-order valence-electron chi connectivity index (χ0n) is 14.9. The van der Waals surface area contributed by atoms with E-state index in [1.54, 1.807) is 0 Å². The standard InChI is InChI=1S/C18H28O6/c1-12-6-5-7-15(20)16(24-14(3)19)8-10-18(4,22)11-9-17(21)23-13(12)2/h9,11-13,16,22H,5-8,10H2,1-4H3/b11-9+/t12-,13+,16-,18+/m0/s1. The Hall–Kier alpha value is -1.69. The van der Waals surface area contributed by atoms with Crippen LogP contribution in [-0.4, -0.2) is 40.6 Å². The maximum Gasteiger partial charge on any atom is 0.330 e. The molecule has 0 saturated carbocycles. The third kappa shape index (κ3) is 7.25. The third-order valence-corrected chi connectivity index (χ3v) is 4.34. The molecule has 6 heteroatoms. The van der Waals surface area contributed by atoms with Gasteiger partial charge >= 0.3 is 11.9 Å². The van der Waals surface area contributed by atoms with Crippen LogP contribution in [0.1, 0.15) is 59.8 Å². The highest BCUT2D eigenvalue weighted by molar-refractivity contribution is 5.85. The van der Waals surface area contributed by atoms with E-state index in [0.717, 1.165) is 6.42 Å². The second kappa shape index (κ2) is 8.97. The average molecular weight is 340 g/mol. The summed E-state index contributed by atoms with van der Waals surface area (Å²) in [5.41, 5.74) is -1.29. The van der Waals surface area contributed by atoms with Crippen molar-refractivity contribution in [2.75, 3.05) is 0 Å². The monoisotopic (exact) mass is 340 g/mol. The minimum atomic E-state index is -1.29. The van der Waals surface area contributed by atoms with Gasteiger partial charge in [-0.25, -0.2) is 4.79 Å². The lowest BCUT2D eigenvalue weighted by atomic mass is 9.93. The van der Waals surface area contributed by atoms with Gasteiger partial charge in [0.1, 0.15) is 6.10 Å². The Morgan fingerprint density at radius 1 is 1.33 bits per heavy atom. The van der Waals surface area contributed by atoms with E-state index >= 15 is 0 Å². The highest BCUT2D eigenvalue weighted by atomic mass is 16.5. The predicted molar refractivity (Wildman–Crippen MR) is 88.1 cm³/mol. The van der Waals surface area contributed by atoms with Gasteiger partial charge in [0.25, 0.3) is 0 Å². The number of esters is 2. The van der Waals surface area contributed by atoms with E-state index in [1.165, 1.54) is 26.0 Å². The second-order valence-electron chi connectivity index (χ2n) is 6.81. The van der Waals surface area contributed by atoms with Crippen molar-refractivity contribution >= 4 is 17.7 Å². The number of cyclic esters (lactones) is 1. The van der Waals surface area contributed by atoms with Gasteiger partial charge < -0.3 is 14.6 Å². The van der Waals surface area contributed by atoms with Crippen LogP contribution in [0, 0.1) is 5.92 Å². The second-order valence-corrected chi connectivity index (χ2v) is 6.81. The predicted octanol–water partition coefficient (Wildman–Crippen LogP) is 2.33. The van der Waals surface area contributed by atoms with E-state index in [9.17, 15) is 19.5 Å². The van der Waals surface area contributed by atoms with Crippen molar-refractivity contribution < 1.29 is 29.0 Å². The van der Waals surface area contributed by atoms with Crippen LogP contribution in [0.3, 0.4) is 0 Å². The quantitative estimate of drug-likeness (QED) is 0.737. The van der Waals surface area contributed by atoms with Crippen molar-refractivity contribution in [2.45, 2.75) is 77.6 Å². The minimum absolute atomic E-state index is 0.103. The SMILES string of the molecule is CC(=O)O[C@H]1CC[C@@](C)(O)/C=C/C(=O)O[C@H](C)[C@@H](C)CCCC1=O. The molecule has 6 nitrogen and oxygen atoms in total. The molecular formula is C18H28O6. The summed E-state index contributed by atoms with van der Waals surface area (Å²) >= 11 is 0. The summed E-state index contributed by atoms with van der Waals surface area (Å²) < 4.78 is 10.4. The van der Waals surface area contributed by atoms with Crippen LogP contribution in [0.25, 0.3) is 0 Å². The zero-order valence-corrected chi connectivity index (χ0v) is 14.9. The van der Waals surface area contributed by atoms with Gasteiger partial charge in [-0.3, -0.25) is 9.59 Å². The van der Waals surface area contributed by atoms with Gasteiger partial charge in [0.15, 0.2) is 11.9 Å². The third-order valence-electron chi connectivity index (χ3n) is 4.34. The van der Waals surface area contributed by atoms with Crippen LogP contribution in [0.5, 0.6) is 0 Å². The van der Waals surface area contributed by atoms with Gasteiger partial charge in [0.2, 0.25) is 0 Å². The summed E-state index contributed by atoms with van der Waals surface area (Å²) in [7, 11) is 0. The van der Waals surface area contributed by atoms with Crippen LogP contribution in [0.2, 0.25) is 0 Å². The summed E-state index contributed by atoms with van der Waals surface area (Å²) in [5.74, 6) is -1.06. The lowest BCUT2D eigenvalue weighted by Crippen LogP contribution is -2.31. The van der Waals surface area contributed by atoms with Gasteiger partial charge in [0, 0.05) is 19.4 Å². The Balaban J connectivity index is 2.92. The molecule has 0 aromatic heterocycles. The number of Topliss-reactive ketones (excluding diaryl/α,β-unsaturated/α-hetero) is 1. The van der Waals surface area contributed by atoms with E-state index in [4.69, 9.17) is 9.47 Å². The number of ether oxygens (including phenoxy) is 2. The van der Waals surface area contributed by atoms with Crippen molar-refractivity contribution in [3.05, 3.63) is 12.2 Å². The molecule has 1 aliphatic rings. The first-order valence-electron chi connectivity index (χ1n) is 8.43. The van der Waals surface area contributed by atoms with Gasteiger partial charge in [-0.2, -0.15) is 0 Å². The molecule has 1 rings (SSSR count). The highest BCUT2D eigenvalue weighted by Crippen LogP contribution is 2.21. The Labute approximate surface area is 143 Å². The largest absolute Gasteiger partial charge is 0.459 e. The molecule has 136 valence electrons. The molecule has 0 saturated heterocycles. The van der Waals surface area contributed by atoms with Crippen molar-refractivity contribution in [1.29, 1.82) is 0 Å². The van der Waals surface area contributed by atoms with Gasteiger partial charge in [-0.1, -0.05) is 6.92 Å². The maximum atomic E-state index is 12.3. The number of aliphatic hydroxyl groups is 1. The molecule has 0 fully saturated rings. The topological polar surface area (TPSA) is 89.9 Å². The highest BCUT2D eigenvalue weighted by Gasteiger charge is 2.27. The van der Waals surface area contributed by atoms with Gasteiger partial charge in [-0.05, 0) is 51.5 Å². The van der Waals surface area contributed by atoms with Crippen molar-refractivity contribution in [2.24, 2.45) is 5.92 Å². The van der Waals surface area contributed by atoms with Crippen LogP contribution in [0.15, 0.2) is 12.2 Å². The summed E-state index contributed by atoms with van der Waals surface area (Å²) in [6.07, 6.45) is 3.47. The average Bonchev–Trinajstić information content (AvgIpc) is 2.48. The fourth-order valence-corrected chi connectivity index (χ4v) is 2.57. The van der Waals surface area contributed by atoms with E-state index in [0.29, 0.717) is 12.8 Å². The lowest BCUT2D eigenvalue weighted by molar-refractivity contribution is -0.154. The molecule has 0 amide bonds. The molecule has 0 spiro atoms. The Kier molecular flexibility index (Phi) is 7.60. The first kappa shape index (κ1) is 20.4. The van der Waals surface area contributed by atoms with Gasteiger partial charge in [0.05, 0.1) is 5.60 Å². The molecule has 0 aromatic carbocycles. The number of hydrogen-bond donors (Lipinski definition) is 1. The lowest BCUT2D eigenvalue weighted by Gasteiger charge is -2.24. The van der Waals surface area contributed by atoms with Gasteiger partial charge in [-0.15, -0.1) is 0 Å². The number of carbonyl (C=O) groups excluding carboxylic acids is 3. The fourth-order valence-electron chi connectivity index (χ4n) is 2.57. The summed E-state index contributed by atoms with van der Waals surface area (Å²) in [6, 6.07) is 0. The van der Waals surface area contributed by atoms with E-state index in [-0.39, 0.29) is 30.6 Å². The molecular weight excluding hydrogens is 312 g/mol. The first-order chi connectivity index (χ1) is 11.1. The molecule has 1 N–H and O–H groups in total. The maximum absolute atomic E-state index is 12.3. The summed E-state index contributed by atoms with van der Waals surface area (Å²) in [5, 5.41) is 10.3. The Morgan fingerprint density at radius 3 is 2.62 bits per heavy atom. The smallest absolute Gasteiger partial charge is 0.330 e. The van der Waals surface area contributed by atoms with Crippen LogP contribution in [-0.2, 0) is 23.9 Å². The molecule has 0 bridgehead atoms. The number of hydrogen-bond acceptors (Lipinski definition) is 6. The van der Waals surface area contributed by atoms with Crippen molar-refractivity contribution in [3.63, 3.8) is 0 Å². The van der Waals surface area contributed by atoms with Crippen LogP contribution >= 0.6 is 0 Å². The molecule has 1 heterocycles. The number of ketones is 1.